The van der Waals surface area contributed by atoms with E-state index in [1.165, 1.54) is 11.8 Å². The summed E-state index contributed by atoms with van der Waals surface area (Å²) in [6, 6.07) is 14.1. The SMILES string of the molecule is O=[N+]([O-])c1ncc(CCc2ccc(B(O)O)cc2)[nH]1.OB(O)c1ccc(CCBr)cc1. The van der Waals surface area contributed by atoms with Crippen molar-refractivity contribution >= 4 is 47.0 Å². The lowest BCUT2D eigenvalue weighted by Gasteiger charge is -2.02. The number of nitrogens with one attached hydrogen (secondary N) is 1. The highest BCUT2D eigenvalue weighted by Crippen LogP contribution is 2.09. The van der Waals surface area contributed by atoms with E-state index in [0.717, 1.165) is 17.3 Å². The van der Waals surface area contributed by atoms with Gasteiger partial charge in [0.2, 0.25) is 0 Å². The van der Waals surface area contributed by atoms with E-state index in [1.807, 2.05) is 12.1 Å². The Morgan fingerprint density at radius 3 is 1.74 bits per heavy atom. The number of alkyl halides is 1. The van der Waals surface area contributed by atoms with Crippen LogP contribution in [-0.4, -0.2) is 54.6 Å². The quantitative estimate of drug-likeness (QED) is 0.130. The molecule has 0 radical (unpaired) electrons. The molecule has 0 spiro atoms. The van der Waals surface area contributed by atoms with Crippen molar-refractivity contribution in [3.05, 3.63) is 81.7 Å². The number of hydrogen-bond donors (Lipinski definition) is 5. The van der Waals surface area contributed by atoms with Crippen LogP contribution < -0.4 is 10.9 Å². The summed E-state index contributed by atoms with van der Waals surface area (Å²) in [6.45, 7) is 0. The van der Waals surface area contributed by atoms with E-state index in [-0.39, 0.29) is 5.95 Å². The highest BCUT2D eigenvalue weighted by Gasteiger charge is 2.12. The Bertz CT molecular complexity index is 952. The van der Waals surface area contributed by atoms with Gasteiger partial charge in [0.25, 0.3) is 0 Å². The van der Waals surface area contributed by atoms with Crippen LogP contribution in [-0.2, 0) is 19.3 Å². The Morgan fingerprint density at radius 2 is 1.35 bits per heavy atom. The maximum Gasteiger partial charge on any atom is 0.488 e. The highest BCUT2D eigenvalue weighted by molar-refractivity contribution is 9.09. The van der Waals surface area contributed by atoms with Crippen LogP contribution in [0, 0.1) is 10.1 Å². The molecule has 12 heteroatoms. The number of aryl methyl sites for hydroxylation is 3. The molecule has 0 saturated carbocycles. The third kappa shape index (κ3) is 8.27. The fourth-order valence-corrected chi connectivity index (χ4v) is 3.13. The van der Waals surface area contributed by atoms with Gasteiger partial charge in [-0.1, -0.05) is 69.4 Å². The minimum Gasteiger partial charge on any atom is -0.423 e. The fraction of sp³-hybridized carbons (Fsp3) is 0.211. The Morgan fingerprint density at radius 1 is 0.871 bits per heavy atom. The van der Waals surface area contributed by atoms with Crippen LogP contribution in [0.3, 0.4) is 0 Å². The average molecular weight is 490 g/mol. The number of aromatic amines is 1. The molecule has 0 fully saturated rings. The maximum atomic E-state index is 10.5. The molecule has 0 aliphatic heterocycles. The predicted molar refractivity (Wildman–Crippen MR) is 123 cm³/mol. The molecule has 0 unspecified atom stereocenters. The molecule has 162 valence electrons. The summed E-state index contributed by atoms with van der Waals surface area (Å²) in [5.74, 6) is -0.256. The van der Waals surface area contributed by atoms with Gasteiger partial charge in [0.05, 0.1) is 0 Å². The summed E-state index contributed by atoms with van der Waals surface area (Å²) < 4.78 is 0. The van der Waals surface area contributed by atoms with Gasteiger partial charge >= 0.3 is 20.2 Å². The number of nitro groups is 1. The lowest BCUT2D eigenvalue weighted by Crippen LogP contribution is -2.29. The first kappa shape index (κ1) is 24.8. The molecule has 1 aromatic heterocycles. The third-order valence-electron chi connectivity index (χ3n) is 4.41. The van der Waals surface area contributed by atoms with Crippen molar-refractivity contribution in [2.24, 2.45) is 0 Å². The van der Waals surface area contributed by atoms with Gasteiger partial charge in [0.15, 0.2) is 0 Å². The molecule has 0 aliphatic rings. The minimum absolute atomic E-state index is 0.256. The van der Waals surface area contributed by atoms with Crippen LogP contribution in [0.2, 0.25) is 0 Å². The second kappa shape index (κ2) is 12.4. The van der Waals surface area contributed by atoms with Crippen molar-refractivity contribution in [3.63, 3.8) is 0 Å². The number of hydrogen-bond acceptors (Lipinski definition) is 7. The van der Waals surface area contributed by atoms with E-state index in [4.69, 9.17) is 20.1 Å². The van der Waals surface area contributed by atoms with Gasteiger partial charge in [-0.3, -0.25) is 0 Å². The Hall–Kier alpha value is -2.50. The first-order valence-corrected chi connectivity index (χ1v) is 10.6. The van der Waals surface area contributed by atoms with Gasteiger partial charge in [-0.15, -0.1) is 0 Å². The molecule has 0 bridgehead atoms. The molecule has 9 nitrogen and oxygen atoms in total. The molecule has 0 amide bonds. The Kier molecular flexibility index (Phi) is 9.89. The zero-order chi connectivity index (χ0) is 22.8. The van der Waals surface area contributed by atoms with E-state index in [0.29, 0.717) is 29.5 Å². The molecule has 0 aliphatic carbocycles. The zero-order valence-corrected chi connectivity index (χ0v) is 18.1. The zero-order valence-electron chi connectivity index (χ0n) is 16.6. The normalized spacial score (nSPS) is 10.2. The van der Waals surface area contributed by atoms with Gasteiger partial charge in [-0.05, 0) is 39.8 Å². The van der Waals surface area contributed by atoms with Gasteiger partial charge in [-0.25, -0.2) is 4.98 Å². The molecule has 0 atom stereocenters. The van der Waals surface area contributed by atoms with Crippen LogP contribution in [0.5, 0.6) is 0 Å². The summed E-state index contributed by atoms with van der Waals surface area (Å²) >= 11 is 3.33. The van der Waals surface area contributed by atoms with Crippen LogP contribution >= 0.6 is 15.9 Å². The lowest BCUT2D eigenvalue weighted by molar-refractivity contribution is -0.393. The molecular formula is C19H22B2BrN3O6. The second-order valence-corrected chi connectivity index (χ2v) is 7.45. The second-order valence-electron chi connectivity index (χ2n) is 6.66. The summed E-state index contributed by atoms with van der Waals surface area (Å²) in [6.07, 6.45) is 3.69. The smallest absolute Gasteiger partial charge is 0.423 e. The highest BCUT2D eigenvalue weighted by atomic mass is 79.9. The number of benzene rings is 2. The van der Waals surface area contributed by atoms with Crippen molar-refractivity contribution in [2.45, 2.75) is 19.3 Å². The van der Waals surface area contributed by atoms with Crippen LogP contribution in [0.1, 0.15) is 16.8 Å². The molecule has 3 aromatic rings. The van der Waals surface area contributed by atoms with Crippen molar-refractivity contribution < 1.29 is 25.0 Å². The Balaban J connectivity index is 0.000000245. The predicted octanol–water partition coefficient (Wildman–Crippen LogP) is 0.0867. The molecule has 3 rings (SSSR count). The monoisotopic (exact) mass is 489 g/mol. The van der Waals surface area contributed by atoms with Gasteiger partial charge in [0.1, 0.15) is 11.9 Å². The number of H-pyrrole nitrogens is 1. The van der Waals surface area contributed by atoms with Crippen LogP contribution in [0.4, 0.5) is 5.95 Å². The van der Waals surface area contributed by atoms with E-state index in [1.54, 1.807) is 36.4 Å². The van der Waals surface area contributed by atoms with E-state index in [2.05, 4.69) is 25.9 Å². The summed E-state index contributed by atoms with van der Waals surface area (Å²) in [5, 5.41) is 46.9. The number of nitrogens with zero attached hydrogens (tertiary/aromatic N) is 2. The number of imidazole rings is 1. The average Bonchev–Trinajstić information content (AvgIpc) is 3.23. The minimum atomic E-state index is -1.47. The summed E-state index contributed by atoms with van der Waals surface area (Å²) in [7, 11) is -2.83. The number of rotatable bonds is 8. The van der Waals surface area contributed by atoms with Gasteiger partial charge in [0, 0.05) is 11.8 Å². The standard InChI is InChI=1S/C11H12BN3O4.C8H10BBrO2/c16-12(17)9-4-1-8(2-5-9)3-6-10-7-13-11(14-10)15(18)19;10-6-5-7-1-3-8(4-2-7)9(11)12/h1-2,4-5,7,16-17H,3,6H2,(H,13,14);1-4,11-12H,5-6H2. The largest absolute Gasteiger partial charge is 0.488 e. The van der Waals surface area contributed by atoms with E-state index >= 15 is 0 Å². The van der Waals surface area contributed by atoms with Gasteiger partial charge in [-0.2, -0.15) is 0 Å². The van der Waals surface area contributed by atoms with Crippen molar-refractivity contribution in [3.8, 4) is 0 Å². The summed E-state index contributed by atoms with van der Waals surface area (Å²) in [5.41, 5.74) is 3.85. The molecule has 5 N–H and O–H groups in total. The first-order chi connectivity index (χ1) is 14.8. The molecular weight excluding hydrogens is 468 g/mol. The van der Waals surface area contributed by atoms with Crippen molar-refractivity contribution in [1.82, 2.24) is 9.97 Å². The Labute approximate surface area is 188 Å². The topological polar surface area (TPSA) is 153 Å². The van der Waals surface area contributed by atoms with Crippen LogP contribution in [0.25, 0.3) is 0 Å². The number of halogens is 1. The lowest BCUT2D eigenvalue weighted by atomic mass is 9.80. The third-order valence-corrected chi connectivity index (χ3v) is 4.81. The van der Waals surface area contributed by atoms with Crippen LogP contribution in [0.15, 0.2) is 54.7 Å². The van der Waals surface area contributed by atoms with Crippen molar-refractivity contribution in [1.29, 1.82) is 0 Å². The molecule has 31 heavy (non-hydrogen) atoms. The molecule has 2 aromatic carbocycles. The van der Waals surface area contributed by atoms with E-state index in [9.17, 15) is 10.1 Å². The first-order valence-electron chi connectivity index (χ1n) is 9.44. The molecule has 0 saturated heterocycles. The maximum absolute atomic E-state index is 10.5. The fourth-order valence-electron chi connectivity index (χ4n) is 2.67. The number of aromatic nitrogens is 2. The van der Waals surface area contributed by atoms with Gasteiger partial charge < -0.3 is 30.2 Å². The molecule has 1 heterocycles. The van der Waals surface area contributed by atoms with E-state index < -0.39 is 19.2 Å². The summed E-state index contributed by atoms with van der Waals surface area (Å²) in [4.78, 5) is 16.2. The van der Waals surface area contributed by atoms with Crippen molar-refractivity contribution in [2.75, 3.05) is 5.33 Å².